The number of para-hydroxylation sites is 1. The molecular weight excluding hydrogens is 224 g/mol. The molecule has 0 aliphatic carbocycles. The number of nitrogens with zero attached hydrogens (tertiary/aromatic N) is 2. The number of benzene rings is 1. The zero-order chi connectivity index (χ0) is 12.6. The summed E-state index contributed by atoms with van der Waals surface area (Å²) in [5.74, 6) is 5.91. The maximum absolute atomic E-state index is 5.44. The van der Waals surface area contributed by atoms with Crippen LogP contribution in [0.2, 0.25) is 0 Å². The van der Waals surface area contributed by atoms with Crippen molar-refractivity contribution in [1.82, 2.24) is 9.78 Å². The van der Waals surface area contributed by atoms with Gasteiger partial charge in [-0.25, -0.2) is 4.68 Å². The predicted octanol–water partition coefficient (Wildman–Crippen LogP) is 2.80. The third kappa shape index (κ3) is 3.47. The van der Waals surface area contributed by atoms with Crippen LogP contribution in [0.5, 0.6) is 0 Å². The van der Waals surface area contributed by atoms with Crippen LogP contribution in [0, 0.1) is 11.8 Å². The van der Waals surface area contributed by atoms with E-state index in [-0.39, 0.29) is 0 Å². The molecular formula is C15H16N2O. The zero-order valence-electron chi connectivity index (χ0n) is 10.5. The number of hydrogen-bond acceptors (Lipinski definition) is 2. The van der Waals surface area contributed by atoms with Crippen LogP contribution >= 0.6 is 0 Å². The minimum Gasteiger partial charge on any atom is -0.364 e. The highest BCUT2D eigenvalue weighted by molar-refractivity contribution is 5.30. The summed E-state index contributed by atoms with van der Waals surface area (Å²) in [6.07, 6.45) is 4.66. The van der Waals surface area contributed by atoms with Crippen LogP contribution in [0.4, 0.5) is 0 Å². The standard InChI is InChI=1S/C15H16N2O/c1-2-3-7-10-18-13-14-11-16-17(12-14)15-8-5-4-6-9-15/h4-6,8-9,11-12H,2,10,13H2,1H3. The second-order valence-electron chi connectivity index (χ2n) is 3.83. The molecule has 0 fully saturated rings. The molecule has 0 saturated heterocycles. The summed E-state index contributed by atoms with van der Waals surface area (Å²) in [4.78, 5) is 0. The van der Waals surface area contributed by atoms with Crippen LogP contribution in [-0.4, -0.2) is 16.4 Å². The van der Waals surface area contributed by atoms with E-state index in [1.165, 1.54) is 0 Å². The molecule has 1 aromatic heterocycles. The Bertz CT molecular complexity index is 534. The highest BCUT2D eigenvalue weighted by Crippen LogP contribution is 2.08. The van der Waals surface area contributed by atoms with E-state index in [2.05, 4.69) is 16.9 Å². The Labute approximate surface area is 107 Å². The van der Waals surface area contributed by atoms with E-state index in [9.17, 15) is 0 Å². The summed E-state index contributed by atoms with van der Waals surface area (Å²) in [6, 6.07) is 10.0. The molecule has 92 valence electrons. The first-order chi connectivity index (χ1) is 8.90. The highest BCUT2D eigenvalue weighted by Gasteiger charge is 1.99. The molecule has 18 heavy (non-hydrogen) atoms. The van der Waals surface area contributed by atoms with E-state index in [0.29, 0.717) is 13.2 Å². The number of hydrogen-bond donors (Lipinski definition) is 0. The first kappa shape index (κ1) is 12.4. The predicted molar refractivity (Wildman–Crippen MR) is 71.3 cm³/mol. The second kappa shape index (κ2) is 6.63. The Balaban J connectivity index is 1.91. The van der Waals surface area contributed by atoms with Gasteiger partial charge in [0.15, 0.2) is 0 Å². The lowest BCUT2D eigenvalue weighted by atomic mass is 10.3. The minimum atomic E-state index is 0.477. The molecule has 0 bridgehead atoms. The molecule has 2 aromatic rings. The molecule has 0 atom stereocenters. The largest absolute Gasteiger partial charge is 0.364 e. The van der Waals surface area contributed by atoms with Crippen molar-refractivity contribution >= 4 is 0 Å². The average Bonchev–Trinajstić information content (AvgIpc) is 2.88. The van der Waals surface area contributed by atoms with E-state index in [0.717, 1.165) is 17.7 Å². The number of ether oxygens (including phenoxy) is 1. The highest BCUT2D eigenvalue weighted by atomic mass is 16.5. The molecule has 1 aromatic carbocycles. The molecule has 0 spiro atoms. The molecule has 0 aliphatic heterocycles. The summed E-state index contributed by atoms with van der Waals surface area (Å²) in [6.45, 7) is 3.05. The van der Waals surface area contributed by atoms with Gasteiger partial charge in [-0.15, -0.1) is 5.92 Å². The molecule has 2 rings (SSSR count). The smallest absolute Gasteiger partial charge is 0.108 e. The molecule has 1 heterocycles. The third-order valence-electron chi connectivity index (χ3n) is 2.40. The summed E-state index contributed by atoms with van der Waals surface area (Å²) < 4.78 is 7.29. The quantitative estimate of drug-likeness (QED) is 0.607. The van der Waals surface area contributed by atoms with Gasteiger partial charge in [-0.05, 0) is 12.1 Å². The fourth-order valence-corrected chi connectivity index (χ4v) is 1.55. The molecule has 0 radical (unpaired) electrons. The van der Waals surface area contributed by atoms with Gasteiger partial charge in [0, 0.05) is 18.2 Å². The Morgan fingerprint density at radius 3 is 2.83 bits per heavy atom. The lowest BCUT2D eigenvalue weighted by Gasteiger charge is -1.99. The maximum atomic E-state index is 5.44. The Kier molecular flexibility index (Phi) is 4.57. The fourth-order valence-electron chi connectivity index (χ4n) is 1.55. The van der Waals surface area contributed by atoms with Crippen LogP contribution in [0.3, 0.4) is 0 Å². The number of rotatable bonds is 4. The third-order valence-corrected chi connectivity index (χ3v) is 2.40. The van der Waals surface area contributed by atoms with Gasteiger partial charge in [0.1, 0.15) is 6.61 Å². The van der Waals surface area contributed by atoms with Crippen LogP contribution in [0.25, 0.3) is 5.69 Å². The maximum Gasteiger partial charge on any atom is 0.108 e. The van der Waals surface area contributed by atoms with Gasteiger partial charge in [0.05, 0.1) is 18.5 Å². The van der Waals surface area contributed by atoms with Crippen molar-refractivity contribution in [1.29, 1.82) is 0 Å². The van der Waals surface area contributed by atoms with Crippen molar-refractivity contribution in [2.45, 2.75) is 20.0 Å². The van der Waals surface area contributed by atoms with Gasteiger partial charge in [-0.3, -0.25) is 0 Å². The molecule has 0 amide bonds. The van der Waals surface area contributed by atoms with Gasteiger partial charge in [-0.2, -0.15) is 5.10 Å². The number of aromatic nitrogens is 2. The van der Waals surface area contributed by atoms with E-state index in [4.69, 9.17) is 4.74 Å². The summed E-state index contributed by atoms with van der Waals surface area (Å²) in [7, 11) is 0. The normalized spacial score (nSPS) is 9.83. The lowest BCUT2D eigenvalue weighted by molar-refractivity contribution is 0.153. The van der Waals surface area contributed by atoms with E-state index >= 15 is 0 Å². The molecule has 0 saturated carbocycles. The lowest BCUT2D eigenvalue weighted by Crippen LogP contribution is -1.94. The van der Waals surface area contributed by atoms with E-state index in [1.807, 2.05) is 54.3 Å². The summed E-state index contributed by atoms with van der Waals surface area (Å²) in [5, 5.41) is 4.30. The van der Waals surface area contributed by atoms with Crippen molar-refractivity contribution in [2.24, 2.45) is 0 Å². The molecule has 0 unspecified atom stereocenters. The van der Waals surface area contributed by atoms with Crippen molar-refractivity contribution < 1.29 is 4.74 Å². The van der Waals surface area contributed by atoms with E-state index in [1.54, 1.807) is 0 Å². The molecule has 0 aliphatic rings. The van der Waals surface area contributed by atoms with Crippen LogP contribution in [0.1, 0.15) is 18.9 Å². The van der Waals surface area contributed by atoms with Gasteiger partial charge in [0.25, 0.3) is 0 Å². The average molecular weight is 240 g/mol. The summed E-state index contributed by atoms with van der Waals surface area (Å²) in [5.41, 5.74) is 2.10. The van der Waals surface area contributed by atoms with Crippen molar-refractivity contribution in [3.8, 4) is 17.5 Å². The Morgan fingerprint density at radius 1 is 1.22 bits per heavy atom. The topological polar surface area (TPSA) is 27.1 Å². The van der Waals surface area contributed by atoms with Crippen molar-refractivity contribution in [3.05, 3.63) is 48.3 Å². The Hall–Kier alpha value is -2.05. The zero-order valence-corrected chi connectivity index (χ0v) is 10.5. The van der Waals surface area contributed by atoms with Crippen LogP contribution in [0.15, 0.2) is 42.7 Å². The minimum absolute atomic E-state index is 0.477. The second-order valence-corrected chi connectivity index (χ2v) is 3.83. The van der Waals surface area contributed by atoms with Gasteiger partial charge in [0.2, 0.25) is 0 Å². The van der Waals surface area contributed by atoms with Gasteiger partial charge < -0.3 is 4.74 Å². The monoisotopic (exact) mass is 240 g/mol. The summed E-state index contributed by atoms with van der Waals surface area (Å²) >= 11 is 0. The first-order valence-corrected chi connectivity index (χ1v) is 6.02. The van der Waals surface area contributed by atoms with Crippen molar-refractivity contribution in [3.63, 3.8) is 0 Å². The van der Waals surface area contributed by atoms with Gasteiger partial charge >= 0.3 is 0 Å². The molecule has 0 N–H and O–H groups in total. The Morgan fingerprint density at radius 2 is 2.06 bits per heavy atom. The van der Waals surface area contributed by atoms with Crippen molar-refractivity contribution in [2.75, 3.05) is 6.61 Å². The van der Waals surface area contributed by atoms with E-state index < -0.39 is 0 Å². The molecule has 3 heteroatoms. The van der Waals surface area contributed by atoms with Gasteiger partial charge in [-0.1, -0.05) is 31.0 Å². The SMILES string of the molecule is CCC#CCOCc1cnn(-c2ccccc2)c1. The van der Waals surface area contributed by atoms with Crippen LogP contribution in [-0.2, 0) is 11.3 Å². The fraction of sp³-hybridized carbons (Fsp3) is 0.267. The molecule has 3 nitrogen and oxygen atoms in total. The van der Waals surface area contributed by atoms with Crippen LogP contribution < -0.4 is 0 Å². The first-order valence-electron chi connectivity index (χ1n) is 6.02.